The Morgan fingerprint density at radius 1 is 1.03 bits per heavy atom. The highest BCUT2D eigenvalue weighted by atomic mass is 19.1. The van der Waals surface area contributed by atoms with E-state index in [1.54, 1.807) is 32.4 Å². The van der Waals surface area contributed by atoms with Gasteiger partial charge in [0.25, 0.3) is 0 Å². The first-order valence-electron chi connectivity index (χ1n) is 10.8. The Morgan fingerprint density at radius 3 is 2.44 bits per heavy atom. The monoisotopic (exact) mass is 441 g/mol. The molecule has 2 aromatic carbocycles. The number of anilines is 1. The summed E-state index contributed by atoms with van der Waals surface area (Å²) >= 11 is 0. The van der Waals surface area contributed by atoms with Crippen molar-refractivity contribution < 1.29 is 23.5 Å². The number of nitrogens with zero attached hydrogens (tertiary/aromatic N) is 3. The summed E-state index contributed by atoms with van der Waals surface area (Å²) in [7, 11) is 3.23. The van der Waals surface area contributed by atoms with Crippen LogP contribution in [0.1, 0.15) is 12.0 Å². The van der Waals surface area contributed by atoms with Crippen molar-refractivity contribution >= 4 is 17.5 Å². The van der Waals surface area contributed by atoms with Crippen LogP contribution >= 0.6 is 0 Å². The third kappa shape index (κ3) is 4.55. The van der Waals surface area contributed by atoms with Crippen molar-refractivity contribution in [1.29, 1.82) is 0 Å². The minimum Gasteiger partial charge on any atom is -0.493 e. The molecule has 1 unspecified atom stereocenters. The molecule has 2 amide bonds. The SMILES string of the molecule is COc1ccc(CN2CCN(C(=O)C3CC(=O)N(c4ccccc4F)C3)CC2)cc1OC. The van der Waals surface area contributed by atoms with Crippen molar-refractivity contribution in [3.63, 3.8) is 0 Å². The maximum absolute atomic E-state index is 14.1. The van der Waals surface area contributed by atoms with Gasteiger partial charge in [0.2, 0.25) is 11.8 Å². The van der Waals surface area contributed by atoms with Crippen LogP contribution in [0.25, 0.3) is 0 Å². The zero-order valence-corrected chi connectivity index (χ0v) is 18.4. The van der Waals surface area contributed by atoms with Crippen LogP contribution in [0, 0.1) is 11.7 Å². The fourth-order valence-corrected chi connectivity index (χ4v) is 4.40. The van der Waals surface area contributed by atoms with Gasteiger partial charge in [0, 0.05) is 45.7 Å². The summed E-state index contributed by atoms with van der Waals surface area (Å²) in [5, 5.41) is 0. The number of para-hydroxylation sites is 1. The molecule has 2 aromatic rings. The number of benzene rings is 2. The Balaban J connectivity index is 1.32. The zero-order chi connectivity index (χ0) is 22.7. The summed E-state index contributed by atoms with van der Waals surface area (Å²) in [5.74, 6) is 0.284. The standard InChI is InChI=1S/C24H28FN3O4/c1-31-21-8-7-17(13-22(21)32-2)15-26-9-11-27(12-10-26)24(30)18-14-23(29)28(16-18)20-6-4-3-5-19(20)25/h3-8,13,18H,9-12,14-16H2,1-2H3. The second-order valence-corrected chi connectivity index (χ2v) is 8.15. The van der Waals surface area contributed by atoms with Crippen LogP contribution < -0.4 is 14.4 Å². The molecule has 170 valence electrons. The quantitative estimate of drug-likeness (QED) is 0.690. The highest BCUT2D eigenvalue weighted by molar-refractivity contribution is 6.00. The van der Waals surface area contributed by atoms with Gasteiger partial charge in [0.15, 0.2) is 11.5 Å². The van der Waals surface area contributed by atoms with Gasteiger partial charge in [0.05, 0.1) is 25.8 Å². The Hall–Kier alpha value is -3.13. The summed E-state index contributed by atoms with van der Waals surface area (Å²) in [5.41, 5.74) is 1.36. The molecular formula is C24H28FN3O4. The van der Waals surface area contributed by atoms with Gasteiger partial charge in [-0.15, -0.1) is 0 Å². The second kappa shape index (κ2) is 9.56. The predicted molar refractivity (Wildman–Crippen MR) is 118 cm³/mol. The van der Waals surface area contributed by atoms with Gasteiger partial charge in [-0.25, -0.2) is 4.39 Å². The van der Waals surface area contributed by atoms with Crippen LogP contribution in [0.5, 0.6) is 11.5 Å². The first-order valence-corrected chi connectivity index (χ1v) is 10.8. The summed E-state index contributed by atoms with van der Waals surface area (Å²) < 4.78 is 24.8. The highest BCUT2D eigenvalue weighted by Gasteiger charge is 2.38. The molecule has 8 heteroatoms. The van der Waals surface area contributed by atoms with Crippen molar-refractivity contribution in [2.24, 2.45) is 5.92 Å². The molecule has 7 nitrogen and oxygen atoms in total. The van der Waals surface area contributed by atoms with Gasteiger partial charge in [-0.2, -0.15) is 0 Å². The van der Waals surface area contributed by atoms with E-state index in [2.05, 4.69) is 4.90 Å². The van der Waals surface area contributed by atoms with E-state index >= 15 is 0 Å². The van der Waals surface area contributed by atoms with Gasteiger partial charge in [-0.1, -0.05) is 18.2 Å². The lowest BCUT2D eigenvalue weighted by Crippen LogP contribution is -2.50. The lowest BCUT2D eigenvalue weighted by Gasteiger charge is -2.36. The van der Waals surface area contributed by atoms with Crippen LogP contribution in [0.3, 0.4) is 0 Å². The van der Waals surface area contributed by atoms with E-state index in [9.17, 15) is 14.0 Å². The van der Waals surface area contributed by atoms with E-state index in [-0.39, 0.29) is 30.5 Å². The third-order valence-corrected chi connectivity index (χ3v) is 6.16. The Kier molecular flexibility index (Phi) is 6.60. The lowest BCUT2D eigenvalue weighted by molar-refractivity contribution is -0.137. The van der Waals surface area contributed by atoms with Gasteiger partial charge in [-0.05, 0) is 29.8 Å². The molecule has 0 spiro atoms. The van der Waals surface area contributed by atoms with Crippen molar-refractivity contribution in [2.45, 2.75) is 13.0 Å². The van der Waals surface area contributed by atoms with Crippen molar-refractivity contribution in [1.82, 2.24) is 9.80 Å². The van der Waals surface area contributed by atoms with Gasteiger partial charge in [-0.3, -0.25) is 14.5 Å². The number of hydrogen-bond donors (Lipinski definition) is 0. The van der Waals surface area contributed by atoms with Crippen LogP contribution in [-0.4, -0.2) is 68.6 Å². The molecule has 0 saturated carbocycles. The molecule has 0 N–H and O–H groups in total. The minimum atomic E-state index is -0.447. The van der Waals surface area contributed by atoms with E-state index in [1.165, 1.54) is 11.0 Å². The third-order valence-electron chi connectivity index (χ3n) is 6.16. The summed E-state index contributed by atoms with van der Waals surface area (Å²) in [6.45, 7) is 3.69. The van der Waals surface area contributed by atoms with Crippen LogP contribution in [0.4, 0.5) is 10.1 Å². The van der Waals surface area contributed by atoms with Crippen LogP contribution in [-0.2, 0) is 16.1 Å². The first kappa shape index (κ1) is 22.1. The molecule has 2 aliphatic heterocycles. The van der Waals surface area contributed by atoms with E-state index in [0.717, 1.165) is 25.2 Å². The highest BCUT2D eigenvalue weighted by Crippen LogP contribution is 2.30. The molecule has 2 saturated heterocycles. The fourth-order valence-electron chi connectivity index (χ4n) is 4.40. The predicted octanol–water partition coefficient (Wildman–Crippen LogP) is 2.54. The lowest BCUT2D eigenvalue weighted by atomic mass is 10.1. The van der Waals surface area contributed by atoms with E-state index < -0.39 is 11.7 Å². The van der Waals surface area contributed by atoms with Crippen molar-refractivity contribution in [3.05, 3.63) is 53.8 Å². The van der Waals surface area contributed by atoms with Crippen molar-refractivity contribution in [3.8, 4) is 11.5 Å². The zero-order valence-electron chi connectivity index (χ0n) is 18.4. The number of methoxy groups -OCH3 is 2. The molecule has 2 aliphatic rings. The molecule has 0 bridgehead atoms. The number of ether oxygens (including phenoxy) is 2. The summed E-state index contributed by atoms with van der Waals surface area (Å²) in [6.07, 6.45) is 0.124. The molecule has 4 rings (SSSR count). The summed E-state index contributed by atoms with van der Waals surface area (Å²) in [6, 6.07) is 12.1. The number of amides is 2. The average Bonchev–Trinajstić information content (AvgIpc) is 3.20. The van der Waals surface area contributed by atoms with Crippen LogP contribution in [0.15, 0.2) is 42.5 Å². The molecule has 2 heterocycles. The maximum Gasteiger partial charge on any atom is 0.228 e. The molecule has 2 fully saturated rings. The Bertz CT molecular complexity index is 991. The Labute approximate surface area is 187 Å². The normalized spacial score (nSPS) is 19.3. The van der Waals surface area contributed by atoms with Crippen LogP contribution in [0.2, 0.25) is 0 Å². The molecule has 32 heavy (non-hydrogen) atoms. The average molecular weight is 442 g/mol. The minimum absolute atomic E-state index is 0.0250. The number of hydrogen-bond acceptors (Lipinski definition) is 5. The van der Waals surface area contributed by atoms with Gasteiger partial charge >= 0.3 is 0 Å². The largest absolute Gasteiger partial charge is 0.493 e. The van der Waals surface area contributed by atoms with Gasteiger partial charge in [0.1, 0.15) is 5.82 Å². The molecular weight excluding hydrogens is 413 g/mol. The first-order chi connectivity index (χ1) is 15.5. The van der Waals surface area contributed by atoms with E-state index in [4.69, 9.17) is 9.47 Å². The number of rotatable bonds is 6. The van der Waals surface area contributed by atoms with Crippen molar-refractivity contribution in [2.75, 3.05) is 51.8 Å². The van der Waals surface area contributed by atoms with Gasteiger partial charge < -0.3 is 19.3 Å². The fraction of sp³-hybridized carbons (Fsp3) is 0.417. The molecule has 0 aliphatic carbocycles. The second-order valence-electron chi connectivity index (χ2n) is 8.15. The Morgan fingerprint density at radius 2 is 1.75 bits per heavy atom. The van der Waals surface area contributed by atoms with E-state index in [1.807, 2.05) is 23.1 Å². The summed E-state index contributed by atoms with van der Waals surface area (Å²) in [4.78, 5) is 31.0. The number of piperazine rings is 1. The number of halogens is 1. The molecule has 1 atom stereocenters. The maximum atomic E-state index is 14.1. The number of carbonyl (C=O) groups is 2. The van der Waals surface area contributed by atoms with E-state index in [0.29, 0.717) is 24.6 Å². The molecule has 0 radical (unpaired) electrons. The smallest absolute Gasteiger partial charge is 0.228 e. The number of carbonyl (C=O) groups excluding carboxylic acids is 2. The topological polar surface area (TPSA) is 62.3 Å². The molecule has 0 aromatic heterocycles.